The molecule has 0 saturated carbocycles. The van der Waals surface area contributed by atoms with E-state index in [1.165, 1.54) is 0 Å². The zero-order chi connectivity index (χ0) is 9.68. The highest BCUT2D eigenvalue weighted by molar-refractivity contribution is 5.30. The first-order valence-electron chi connectivity index (χ1n) is 4.53. The monoisotopic (exact) mass is 180 g/mol. The van der Waals surface area contributed by atoms with Crippen molar-refractivity contribution in [1.82, 2.24) is 4.98 Å². The summed E-state index contributed by atoms with van der Waals surface area (Å²) in [7, 11) is 0. The molecule has 0 aromatic carbocycles. The van der Waals surface area contributed by atoms with Crippen molar-refractivity contribution in [1.29, 1.82) is 0 Å². The highest BCUT2D eigenvalue weighted by Crippen LogP contribution is 2.17. The summed E-state index contributed by atoms with van der Waals surface area (Å²) >= 11 is 0. The van der Waals surface area contributed by atoms with Gasteiger partial charge in [-0.1, -0.05) is 0 Å². The third-order valence-electron chi connectivity index (χ3n) is 1.64. The van der Waals surface area contributed by atoms with Gasteiger partial charge in [-0.25, -0.2) is 0 Å². The Balaban J connectivity index is 2.78. The van der Waals surface area contributed by atoms with Crippen LogP contribution in [-0.4, -0.2) is 17.6 Å². The molecule has 0 atom stereocenters. The lowest BCUT2D eigenvalue weighted by molar-refractivity contribution is 0.239. The molecule has 0 aliphatic rings. The van der Waals surface area contributed by atoms with E-state index in [1.54, 1.807) is 6.20 Å². The number of pyridine rings is 1. The molecule has 13 heavy (non-hydrogen) atoms. The highest BCUT2D eigenvalue weighted by atomic mass is 16.5. The molecular formula is C10H16N2O. The van der Waals surface area contributed by atoms with Gasteiger partial charge in [-0.2, -0.15) is 0 Å². The first-order chi connectivity index (χ1) is 6.24. The van der Waals surface area contributed by atoms with Crippen molar-refractivity contribution < 1.29 is 4.74 Å². The Hall–Kier alpha value is -1.09. The normalized spacial score (nSPS) is 10.5. The SMILES string of the molecule is CC(C)Oc1ccncc1CCN. The maximum absolute atomic E-state index is 5.60. The molecule has 2 N–H and O–H groups in total. The number of aromatic nitrogens is 1. The van der Waals surface area contributed by atoms with Crippen molar-refractivity contribution in [3.8, 4) is 5.75 Å². The molecule has 1 aromatic rings. The molecule has 0 aliphatic carbocycles. The molecule has 1 aromatic heterocycles. The maximum Gasteiger partial charge on any atom is 0.125 e. The van der Waals surface area contributed by atoms with Crippen LogP contribution in [0.1, 0.15) is 19.4 Å². The molecule has 0 amide bonds. The van der Waals surface area contributed by atoms with Gasteiger partial charge in [0.15, 0.2) is 0 Å². The van der Waals surface area contributed by atoms with Gasteiger partial charge >= 0.3 is 0 Å². The van der Waals surface area contributed by atoms with Crippen LogP contribution < -0.4 is 10.5 Å². The Morgan fingerprint density at radius 2 is 2.31 bits per heavy atom. The van der Waals surface area contributed by atoms with E-state index in [1.807, 2.05) is 26.1 Å². The van der Waals surface area contributed by atoms with Crippen molar-refractivity contribution in [3.63, 3.8) is 0 Å². The van der Waals surface area contributed by atoms with Crippen molar-refractivity contribution >= 4 is 0 Å². The molecule has 3 heteroatoms. The van der Waals surface area contributed by atoms with Crippen LogP contribution in [0.5, 0.6) is 5.75 Å². The first kappa shape index (κ1) is 9.99. The van der Waals surface area contributed by atoms with E-state index in [2.05, 4.69) is 4.98 Å². The van der Waals surface area contributed by atoms with Gasteiger partial charge in [0.05, 0.1) is 6.10 Å². The van der Waals surface area contributed by atoms with Crippen LogP contribution >= 0.6 is 0 Å². The fourth-order valence-corrected chi connectivity index (χ4v) is 1.13. The average molecular weight is 180 g/mol. The summed E-state index contributed by atoms with van der Waals surface area (Å²) in [6.07, 6.45) is 4.55. The summed E-state index contributed by atoms with van der Waals surface area (Å²) in [6.45, 7) is 4.64. The minimum Gasteiger partial charge on any atom is -0.491 e. The summed E-state index contributed by atoms with van der Waals surface area (Å²) in [5.41, 5.74) is 6.56. The summed E-state index contributed by atoms with van der Waals surface area (Å²) < 4.78 is 5.60. The second-order valence-corrected chi connectivity index (χ2v) is 3.19. The van der Waals surface area contributed by atoms with Crippen LogP contribution in [0, 0.1) is 0 Å². The van der Waals surface area contributed by atoms with Gasteiger partial charge < -0.3 is 10.5 Å². The maximum atomic E-state index is 5.60. The molecule has 1 heterocycles. The van der Waals surface area contributed by atoms with Gasteiger partial charge in [-0.3, -0.25) is 4.98 Å². The predicted octanol–water partition coefficient (Wildman–Crippen LogP) is 1.37. The minimum atomic E-state index is 0.193. The average Bonchev–Trinajstić information content (AvgIpc) is 2.08. The van der Waals surface area contributed by atoms with Crippen molar-refractivity contribution in [3.05, 3.63) is 24.0 Å². The van der Waals surface area contributed by atoms with Gasteiger partial charge in [0.2, 0.25) is 0 Å². The Labute approximate surface area is 78.9 Å². The van der Waals surface area contributed by atoms with Crippen molar-refractivity contribution in [2.45, 2.75) is 26.4 Å². The van der Waals surface area contributed by atoms with E-state index in [0.29, 0.717) is 6.54 Å². The topological polar surface area (TPSA) is 48.1 Å². The van der Waals surface area contributed by atoms with E-state index in [-0.39, 0.29) is 6.10 Å². The molecule has 0 bridgehead atoms. The number of nitrogens with two attached hydrogens (primary N) is 1. The highest BCUT2D eigenvalue weighted by Gasteiger charge is 2.03. The number of hydrogen-bond donors (Lipinski definition) is 1. The van der Waals surface area contributed by atoms with E-state index < -0.39 is 0 Å². The molecule has 0 fully saturated rings. The third kappa shape index (κ3) is 3.03. The molecular weight excluding hydrogens is 164 g/mol. The summed E-state index contributed by atoms with van der Waals surface area (Å²) in [6, 6.07) is 1.88. The predicted molar refractivity (Wildman–Crippen MR) is 52.8 cm³/mol. The standard InChI is InChI=1S/C10H16N2O/c1-8(2)13-10-4-6-12-7-9(10)3-5-11/h4,6-8H,3,5,11H2,1-2H3. The van der Waals surface area contributed by atoms with Gasteiger partial charge in [-0.15, -0.1) is 0 Å². The van der Waals surface area contributed by atoms with Gasteiger partial charge in [0, 0.05) is 18.0 Å². The van der Waals surface area contributed by atoms with E-state index in [9.17, 15) is 0 Å². The molecule has 0 aliphatic heterocycles. The minimum absolute atomic E-state index is 0.193. The van der Waals surface area contributed by atoms with Crippen LogP contribution in [-0.2, 0) is 6.42 Å². The number of nitrogens with zero attached hydrogens (tertiary/aromatic N) is 1. The Morgan fingerprint density at radius 1 is 1.54 bits per heavy atom. The first-order valence-corrected chi connectivity index (χ1v) is 4.53. The van der Waals surface area contributed by atoms with Crippen LogP contribution in [0.2, 0.25) is 0 Å². The molecule has 72 valence electrons. The summed E-state index contributed by atoms with van der Waals surface area (Å²) in [5.74, 6) is 0.899. The van der Waals surface area contributed by atoms with Gasteiger partial charge in [0.1, 0.15) is 5.75 Å². The fraction of sp³-hybridized carbons (Fsp3) is 0.500. The van der Waals surface area contributed by atoms with E-state index in [0.717, 1.165) is 17.7 Å². The van der Waals surface area contributed by atoms with Crippen molar-refractivity contribution in [2.24, 2.45) is 5.73 Å². The smallest absolute Gasteiger partial charge is 0.125 e. The lowest BCUT2D eigenvalue weighted by atomic mass is 10.2. The van der Waals surface area contributed by atoms with Gasteiger partial charge in [-0.05, 0) is 32.9 Å². The van der Waals surface area contributed by atoms with E-state index >= 15 is 0 Å². The van der Waals surface area contributed by atoms with Crippen LogP contribution in [0.3, 0.4) is 0 Å². The van der Waals surface area contributed by atoms with Crippen molar-refractivity contribution in [2.75, 3.05) is 6.54 Å². The second kappa shape index (κ2) is 4.82. The fourth-order valence-electron chi connectivity index (χ4n) is 1.13. The lowest BCUT2D eigenvalue weighted by Crippen LogP contribution is -2.10. The summed E-state index contributed by atoms with van der Waals surface area (Å²) in [4.78, 5) is 4.04. The Bertz CT molecular complexity index is 261. The lowest BCUT2D eigenvalue weighted by Gasteiger charge is -2.12. The quantitative estimate of drug-likeness (QED) is 0.761. The molecule has 0 saturated heterocycles. The number of hydrogen-bond acceptors (Lipinski definition) is 3. The zero-order valence-corrected chi connectivity index (χ0v) is 8.16. The number of rotatable bonds is 4. The Kier molecular flexibility index (Phi) is 3.71. The molecule has 0 unspecified atom stereocenters. The van der Waals surface area contributed by atoms with Crippen LogP contribution in [0.15, 0.2) is 18.5 Å². The van der Waals surface area contributed by atoms with E-state index in [4.69, 9.17) is 10.5 Å². The van der Waals surface area contributed by atoms with Crippen LogP contribution in [0.4, 0.5) is 0 Å². The van der Waals surface area contributed by atoms with Gasteiger partial charge in [0.25, 0.3) is 0 Å². The summed E-state index contributed by atoms with van der Waals surface area (Å²) in [5, 5.41) is 0. The molecule has 3 nitrogen and oxygen atoms in total. The Morgan fingerprint density at radius 3 is 2.92 bits per heavy atom. The second-order valence-electron chi connectivity index (χ2n) is 3.19. The zero-order valence-electron chi connectivity index (χ0n) is 8.16. The molecule has 1 rings (SSSR count). The molecule has 0 radical (unpaired) electrons. The molecule has 0 spiro atoms. The van der Waals surface area contributed by atoms with Crippen LogP contribution in [0.25, 0.3) is 0 Å². The number of ether oxygens (including phenoxy) is 1. The largest absolute Gasteiger partial charge is 0.491 e. The third-order valence-corrected chi connectivity index (χ3v) is 1.64.